The monoisotopic (exact) mass is 283 g/mol. The van der Waals surface area contributed by atoms with E-state index in [2.05, 4.69) is 5.32 Å². The van der Waals surface area contributed by atoms with Crippen LogP contribution in [0.25, 0.3) is 0 Å². The van der Waals surface area contributed by atoms with Crippen LogP contribution >= 0.6 is 11.6 Å². The number of halogens is 1. The lowest BCUT2D eigenvalue weighted by Gasteiger charge is -2.33. The van der Waals surface area contributed by atoms with E-state index in [1.807, 2.05) is 13.8 Å². The number of carbonyl (C=O) groups is 2. The van der Waals surface area contributed by atoms with Gasteiger partial charge in [-0.05, 0) is 37.1 Å². The minimum atomic E-state index is -0.937. The van der Waals surface area contributed by atoms with Gasteiger partial charge >= 0.3 is 5.97 Å². The third kappa shape index (κ3) is 4.24. The van der Waals surface area contributed by atoms with Crippen molar-refractivity contribution in [3.8, 4) is 0 Å². The van der Waals surface area contributed by atoms with E-state index in [0.717, 1.165) is 0 Å². The summed E-state index contributed by atoms with van der Waals surface area (Å²) >= 11 is 5.76. The van der Waals surface area contributed by atoms with Crippen molar-refractivity contribution in [1.29, 1.82) is 0 Å². The molecule has 1 rings (SSSR count). The average Bonchev–Trinajstić information content (AvgIpc) is 2.28. The van der Waals surface area contributed by atoms with Crippen LogP contribution in [0.1, 0.15) is 37.6 Å². The Kier molecular flexibility index (Phi) is 4.95. The maximum absolute atomic E-state index is 12.1. The Morgan fingerprint density at radius 3 is 2.26 bits per heavy atom. The summed E-state index contributed by atoms with van der Waals surface area (Å²) in [5.41, 5.74) is -0.329. The minimum absolute atomic E-state index is 0.000139. The highest BCUT2D eigenvalue weighted by Crippen LogP contribution is 2.21. The van der Waals surface area contributed by atoms with Gasteiger partial charge in [0.15, 0.2) is 0 Å². The number of amides is 1. The molecule has 2 N–H and O–H groups in total. The van der Waals surface area contributed by atoms with Crippen molar-refractivity contribution < 1.29 is 14.7 Å². The second-order valence-corrected chi connectivity index (χ2v) is 5.54. The summed E-state index contributed by atoms with van der Waals surface area (Å²) in [4.78, 5) is 23.0. The molecular formula is C14H18ClNO3. The van der Waals surface area contributed by atoms with Gasteiger partial charge < -0.3 is 10.4 Å². The van der Waals surface area contributed by atoms with Crippen LogP contribution in [0.2, 0.25) is 5.02 Å². The third-order valence-electron chi connectivity index (χ3n) is 3.30. The van der Waals surface area contributed by atoms with E-state index >= 15 is 0 Å². The molecule has 0 spiro atoms. The summed E-state index contributed by atoms with van der Waals surface area (Å²) in [7, 11) is 0. The molecule has 0 saturated heterocycles. The smallest absolute Gasteiger partial charge is 0.305 e. The lowest BCUT2D eigenvalue weighted by atomic mass is 9.85. The molecule has 0 aliphatic heterocycles. The summed E-state index contributed by atoms with van der Waals surface area (Å²) in [5.74, 6) is -1.23. The number of aliphatic carboxylic acids is 1. The molecule has 0 radical (unpaired) electrons. The lowest BCUT2D eigenvalue weighted by molar-refractivity contribution is -0.138. The Hall–Kier alpha value is -1.55. The van der Waals surface area contributed by atoms with Crippen molar-refractivity contribution in [3.05, 3.63) is 34.9 Å². The van der Waals surface area contributed by atoms with Crippen LogP contribution in [0.15, 0.2) is 24.3 Å². The van der Waals surface area contributed by atoms with Gasteiger partial charge in [0, 0.05) is 10.6 Å². The van der Waals surface area contributed by atoms with Crippen LogP contribution in [-0.4, -0.2) is 22.5 Å². The van der Waals surface area contributed by atoms with E-state index in [1.54, 1.807) is 31.2 Å². The van der Waals surface area contributed by atoms with E-state index in [0.29, 0.717) is 10.6 Å². The van der Waals surface area contributed by atoms with E-state index in [9.17, 15) is 9.59 Å². The summed E-state index contributed by atoms with van der Waals surface area (Å²) < 4.78 is 0. The van der Waals surface area contributed by atoms with E-state index in [-0.39, 0.29) is 18.2 Å². The number of nitrogens with one attached hydrogen (secondary N) is 1. The molecule has 1 aromatic rings. The first-order valence-corrected chi connectivity index (χ1v) is 6.42. The fraction of sp³-hybridized carbons (Fsp3) is 0.429. The topological polar surface area (TPSA) is 66.4 Å². The molecule has 0 saturated carbocycles. The zero-order chi connectivity index (χ0) is 14.6. The maximum atomic E-state index is 12.1. The quantitative estimate of drug-likeness (QED) is 0.873. The largest absolute Gasteiger partial charge is 0.481 e. The van der Waals surface area contributed by atoms with Crippen LogP contribution in [0.3, 0.4) is 0 Å². The maximum Gasteiger partial charge on any atom is 0.305 e. The standard InChI is InChI=1S/C14H18ClNO3/c1-9(2)14(3,8-12(17)18)16-13(19)10-4-6-11(15)7-5-10/h4-7,9H,8H2,1-3H3,(H,16,19)(H,17,18). The van der Waals surface area contributed by atoms with Crippen LogP contribution in [0.5, 0.6) is 0 Å². The number of hydrogen-bond donors (Lipinski definition) is 2. The van der Waals surface area contributed by atoms with Gasteiger partial charge in [0.1, 0.15) is 0 Å². The van der Waals surface area contributed by atoms with Gasteiger partial charge in [0.2, 0.25) is 0 Å². The summed E-state index contributed by atoms with van der Waals surface area (Å²) in [5, 5.41) is 12.3. The molecule has 0 aromatic heterocycles. The zero-order valence-electron chi connectivity index (χ0n) is 11.2. The van der Waals surface area contributed by atoms with Crippen molar-refractivity contribution in [2.75, 3.05) is 0 Å². The Bertz CT molecular complexity index is 470. The second kappa shape index (κ2) is 6.06. The molecule has 104 valence electrons. The van der Waals surface area contributed by atoms with Crippen molar-refractivity contribution in [2.45, 2.75) is 32.7 Å². The lowest BCUT2D eigenvalue weighted by Crippen LogP contribution is -2.51. The predicted octanol–water partition coefficient (Wildman–Crippen LogP) is 2.96. The number of benzene rings is 1. The zero-order valence-corrected chi connectivity index (χ0v) is 12.0. The highest BCUT2D eigenvalue weighted by Gasteiger charge is 2.33. The van der Waals surface area contributed by atoms with Crippen LogP contribution in [0.4, 0.5) is 0 Å². The first kappa shape index (κ1) is 15.5. The third-order valence-corrected chi connectivity index (χ3v) is 3.55. The van der Waals surface area contributed by atoms with Crippen molar-refractivity contribution >= 4 is 23.5 Å². The molecule has 0 fully saturated rings. The fourth-order valence-electron chi connectivity index (χ4n) is 1.64. The van der Waals surface area contributed by atoms with Crippen molar-refractivity contribution in [3.63, 3.8) is 0 Å². The number of rotatable bonds is 5. The molecule has 1 atom stereocenters. The molecule has 19 heavy (non-hydrogen) atoms. The van der Waals surface area contributed by atoms with Crippen molar-refractivity contribution in [2.24, 2.45) is 5.92 Å². The molecule has 0 bridgehead atoms. The summed E-state index contributed by atoms with van der Waals surface area (Å²) in [6, 6.07) is 6.47. The predicted molar refractivity (Wildman–Crippen MR) is 74.4 cm³/mol. The molecule has 5 heteroatoms. The van der Waals surface area contributed by atoms with Crippen LogP contribution < -0.4 is 5.32 Å². The van der Waals surface area contributed by atoms with E-state index < -0.39 is 11.5 Å². The van der Waals surface area contributed by atoms with Crippen LogP contribution in [-0.2, 0) is 4.79 Å². The van der Waals surface area contributed by atoms with E-state index in [4.69, 9.17) is 16.7 Å². The van der Waals surface area contributed by atoms with Crippen LogP contribution in [0, 0.1) is 5.92 Å². The van der Waals surface area contributed by atoms with Gasteiger partial charge in [-0.1, -0.05) is 25.4 Å². The Morgan fingerprint density at radius 1 is 1.32 bits per heavy atom. The molecule has 1 amide bonds. The van der Waals surface area contributed by atoms with Gasteiger partial charge in [-0.2, -0.15) is 0 Å². The Balaban J connectivity index is 2.88. The number of carboxylic acids is 1. The average molecular weight is 284 g/mol. The van der Waals surface area contributed by atoms with Gasteiger partial charge in [-0.15, -0.1) is 0 Å². The highest BCUT2D eigenvalue weighted by molar-refractivity contribution is 6.30. The molecule has 0 aliphatic carbocycles. The minimum Gasteiger partial charge on any atom is -0.481 e. The highest BCUT2D eigenvalue weighted by atomic mass is 35.5. The number of hydrogen-bond acceptors (Lipinski definition) is 2. The van der Waals surface area contributed by atoms with Gasteiger partial charge in [0.05, 0.1) is 12.0 Å². The molecule has 0 aliphatic rings. The molecule has 1 unspecified atom stereocenters. The van der Waals surface area contributed by atoms with Gasteiger partial charge in [0.25, 0.3) is 5.91 Å². The fourth-order valence-corrected chi connectivity index (χ4v) is 1.77. The van der Waals surface area contributed by atoms with Gasteiger partial charge in [-0.25, -0.2) is 0 Å². The first-order valence-electron chi connectivity index (χ1n) is 6.04. The normalized spacial score (nSPS) is 13.9. The first-order chi connectivity index (χ1) is 8.74. The molecule has 1 aromatic carbocycles. The molecular weight excluding hydrogens is 266 g/mol. The molecule has 4 nitrogen and oxygen atoms in total. The second-order valence-electron chi connectivity index (χ2n) is 5.10. The Labute approximate surface area is 117 Å². The Morgan fingerprint density at radius 2 is 1.84 bits per heavy atom. The van der Waals surface area contributed by atoms with Gasteiger partial charge in [-0.3, -0.25) is 9.59 Å². The number of carboxylic acid groups (broad SMARTS) is 1. The van der Waals surface area contributed by atoms with Crippen molar-refractivity contribution in [1.82, 2.24) is 5.32 Å². The number of carbonyl (C=O) groups excluding carboxylic acids is 1. The SMILES string of the molecule is CC(C)C(C)(CC(=O)O)NC(=O)c1ccc(Cl)cc1. The summed E-state index contributed by atoms with van der Waals surface area (Å²) in [6.07, 6.45) is -0.121. The molecule has 0 heterocycles. The van der Waals surface area contributed by atoms with E-state index in [1.165, 1.54) is 0 Å². The summed E-state index contributed by atoms with van der Waals surface area (Å²) in [6.45, 7) is 5.50.